The van der Waals surface area contributed by atoms with Gasteiger partial charge in [0.25, 0.3) is 0 Å². The molecule has 7 aromatic rings. The van der Waals surface area contributed by atoms with Crippen molar-refractivity contribution in [1.29, 1.82) is 0 Å². The topological polar surface area (TPSA) is 54.0 Å². The Labute approximate surface area is 503 Å². The fraction of sp³-hybridized carbons (Fsp3) is 0.526. The van der Waals surface area contributed by atoms with E-state index in [1.165, 1.54) is 242 Å². The van der Waals surface area contributed by atoms with E-state index in [1.807, 2.05) is 0 Å². The summed E-state index contributed by atoms with van der Waals surface area (Å²) in [7, 11) is 0. The second-order valence-corrected chi connectivity index (χ2v) is 24.3. The molecule has 4 nitrogen and oxygen atoms in total. The number of hydrogen-bond acceptors (Lipinski definition) is 2. The number of nitrogens with zero attached hydrogens (tertiary/aromatic N) is 4. The number of fused-ring (bicyclic) bond motifs is 20. The quantitative estimate of drug-likeness (QED) is 0.0311. The molecule has 9 rings (SSSR count). The average Bonchev–Trinajstić information content (AvgIpc) is 4.44. The van der Waals surface area contributed by atoms with E-state index in [2.05, 4.69) is 128 Å². The zero-order chi connectivity index (χ0) is 55.8. The van der Waals surface area contributed by atoms with Crippen molar-refractivity contribution in [3.05, 3.63) is 117 Å². The molecule has 0 saturated carbocycles. The molecule has 0 aliphatic carbocycles. The zero-order valence-electron chi connectivity index (χ0n) is 51.7. The van der Waals surface area contributed by atoms with Crippen LogP contribution >= 0.6 is 0 Å². The van der Waals surface area contributed by atoms with Gasteiger partial charge in [-0.15, -0.1) is 22.1 Å². The van der Waals surface area contributed by atoms with Gasteiger partial charge in [0.05, 0.1) is 22.8 Å². The molecule has 0 atom stereocenters. The number of hydrogen-bond donors (Lipinski definition) is 0. The van der Waals surface area contributed by atoms with Crippen LogP contribution in [0.3, 0.4) is 0 Å². The molecule has 8 bridgehead atoms. The molecule has 0 amide bonds. The summed E-state index contributed by atoms with van der Waals surface area (Å²) < 4.78 is 0. The van der Waals surface area contributed by atoms with E-state index < -0.39 is 0 Å². The molecule has 0 N–H and O–H groups in total. The van der Waals surface area contributed by atoms with Crippen LogP contribution in [-0.2, 0) is 70.8 Å². The number of rotatable bonds is 32. The Kier molecular flexibility index (Phi) is 23.9. The van der Waals surface area contributed by atoms with Crippen molar-refractivity contribution in [3.8, 4) is 45.0 Å². The van der Waals surface area contributed by atoms with Crippen molar-refractivity contribution < 1.29 is 19.5 Å². The minimum Gasteiger partial charge on any atom is -0.657 e. The molecule has 2 aliphatic rings. The maximum absolute atomic E-state index is 5.98. The van der Waals surface area contributed by atoms with Gasteiger partial charge in [0.15, 0.2) is 0 Å². The molecule has 5 heterocycles. The Hall–Kier alpha value is -4.86. The average molecular weight is 1170 g/mol. The first-order valence-electron chi connectivity index (χ1n) is 33.2. The van der Waals surface area contributed by atoms with E-state index in [9.17, 15) is 0 Å². The summed E-state index contributed by atoms with van der Waals surface area (Å²) in [5.41, 5.74) is 25.3. The van der Waals surface area contributed by atoms with Gasteiger partial charge in [-0.2, -0.15) is 0 Å². The van der Waals surface area contributed by atoms with Crippen LogP contribution < -0.4 is 9.97 Å². The Morgan fingerprint density at radius 2 is 0.420 bits per heavy atom. The van der Waals surface area contributed by atoms with Gasteiger partial charge in [0, 0.05) is 22.3 Å². The summed E-state index contributed by atoms with van der Waals surface area (Å²) in [6.07, 6.45) is 37.1. The largest absolute Gasteiger partial charge is 2.00 e. The molecule has 0 saturated heterocycles. The Morgan fingerprint density at radius 3 is 0.605 bits per heavy atom. The van der Waals surface area contributed by atoms with Crippen molar-refractivity contribution in [2.24, 2.45) is 0 Å². The van der Waals surface area contributed by atoms with Crippen molar-refractivity contribution >= 4 is 43.6 Å². The molecule has 0 spiro atoms. The Morgan fingerprint density at radius 1 is 0.247 bits per heavy atom. The van der Waals surface area contributed by atoms with Gasteiger partial charge in [-0.05, 0) is 193 Å². The minimum absolute atomic E-state index is 0. The van der Waals surface area contributed by atoms with Gasteiger partial charge < -0.3 is 9.97 Å². The summed E-state index contributed by atoms with van der Waals surface area (Å²) in [4.78, 5) is 23.9. The number of aryl methyl sites for hydroxylation is 8. The third-order valence-electron chi connectivity index (χ3n) is 18.0. The Balaban J connectivity index is 0.00000860. The first-order chi connectivity index (χ1) is 39.4. The first kappa shape index (κ1) is 62.2. The van der Waals surface area contributed by atoms with Crippen molar-refractivity contribution in [2.45, 2.75) is 261 Å². The van der Waals surface area contributed by atoms with Gasteiger partial charge in [0.2, 0.25) is 0 Å². The molecule has 0 fully saturated rings. The molecular formula is C76H100N4Rh. The molecule has 81 heavy (non-hydrogen) atoms. The number of benzene rings is 4. The van der Waals surface area contributed by atoms with E-state index in [1.54, 1.807) is 0 Å². The van der Waals surface area contributed by atoms with Crippen LogP contribution in [0.25, 0.3) is 88.6 Å². The standard InChI is InChI=1S/C76H100N4.Rh/c1-9-17-25-33-53-41-42-54(34-26-18-10-2)70-62-50-64-72-56(36-28-20-12-4)45-46-58(38-30-22-14-6)74(72)66(79-64)52-68-76-60(40-32-24-16-8)48-47-59(39-31-23-15-7)75(76)67(80-68)51-65-73-57(37-29-21-13-5)44-43-55(35-27-19-11-3)71(73)63(78-65)49-61(77-62)69(53)70;/h41-52H,9-40H2,1-8H3;/q-2;+2. The predicted octanol–water partition coefficient (Wildman–Crippen LogP) is 22.4. The van der Waals surface area contributed by atoms with Crippen LogP contribution in [0, 0.1) is 0 Å². The van der Waals surface area contributed by atoms with Gasteiger partial charge >= 0.3 is 19.5 Å². The summed E-state index contributed by atoms with van der Waals surface area (Å²) in [5, 5.41) is 5.35. The van der Waals surface area contributed by atoms with Crippen LogP contribution in [-0.4, -0.2) is 9.97 Å². The SMILES string of the molecule is CCCCCc1ccc(CCCCC)c2c1-c1cc3[n-]c(cc4nc(cc5[n-]c(cc-2n1)c1c(CCCCC)ccc(CCCCC)c51)-c1c(CCCCC)ccc(CCCCC)c1-4)c1c(CCCCC)ccc(CCCCC)c31.[Rh+2]. The van der Waals surface area contributed by atoms with Crippen LogP contribution in [0.5, 0.6) is 0 Å². The fourth-order valence-electron chi connectivity index (χ4n) is 13.6. The van der Waals surface area contributed by atoms with Crippen molar-refractivity contribution in [1.82, 2.24) is 19.9 Å². The maximum Gasteiger partial charge on any atom is 2.00 e. The van der Waals surface area contributed by atoms with E-state index >= 15 is 0 Å². The van der Waals surface area contributed by atoms with Gasteiger partial charge in [-0.1, -0.05) is 207 Å². The number of unbranched alkanes of at least 4 members (excludes halogenated alkanes) is 16. The predicted molar refractivity (Wildman–Crippen MR) is 349 cm³/mol. The van der Waals surface area contributed by atoms with Crippen LogP contribution in [0.2, 0.25) is 0 Å². The fourth-order valence-corrected chi connectivity index (χ4v) is 13.6. The third-order valence-corrected chi connectivity index (χ3v) is 18.0. The van der Waals surface area contributed by atoms with E-state index in [0.717, 1.165) is 96.2 Å². The maximum atomic E-state index is 5.98. The molecule has 3 aromatic heterocycles. The summed E-state index contributed by atoms with van der Waals surface area (Å²) in [5.74, 6) is 0. The van der Waals surface area contributed by atoms with Crippen LogP contribution in [0.1, 0.15) is 254 Å². The monoisotopic (exact) mass is 1170 g/mol. The zero-order valence-corrected chi connectivity index (χ0v) is 53.3. The molecule has 5 heteroatoms. The third kappa shape index (κ3) is 14.4. The van der Waals surface area contributed by atoms with Crippen molar-refractivity contribution in [3.63, 3.8) is 0 Å². The molecule has 4 aromatic carbocycles. The molecular weight excluding hydrogens is 1070 g/mol. The second-order valence-electron chi connectivity index (χ2n) is 24.3. The van der Waals surface area contributed by atoms with Crippen molar-refractivity contribution in [2.75, 3.05) is 0 Å². The first-order valence-corrected chi connectivity index (χ1v) is 33.2. The minimum atomic E-state index is 0. The van der Waals surface area contributed by atoms with Crippen LogP contribution in [0.4, 0.5) is 0 Å². The normalized spacial score (nSPS) is 12.0. The summed E-state index contributed by atoms with van der Waals surface area (Å²) in [6.45, 7) is 18.7. The van der Waals surface area contributed by atoms with E-state index in [-0.39, 0.29) is 19.5 Å². The molecule has 0 unspecified atom stereocenters. The number of aromatic nitrogens is 4. The van der Waals surface area contributed by atoms with Gasteiger partial charge in [0.1, 0.15) is 0 Å². The van der Waals surface area contributed by atoms with Crippen LogP contribution in [0.15, 0.2) is 72.8 Å². The molecule has 433 valence electrons. The second kappa shape index (κ2) is 31.2. The molecule has 2 aliphatic heterocycles. The van der Waals surface area contributed by atoms with E-state index in [0.29, 0.717) is 0 Å². The van der Waals surface area contributed by atoms with E-state index in [4.69, 9.17) is 19.9 Å². The van der Waals surface area contributed by atoms with Gasteiger partial charge in [-0.3, -0.25) is 0 Å². The summed E-state index contributed by atoms with van der Waals surface area (Å²) in [6, 6.07) is 29.7. The summed E-state index contributed by atoms with van der Waals surface area (Å²) >= 11 is 0. The van der Waals surface area contributed by atoms with Gasteiger partial charge in [-0.25, -0.2) is 9.97 Å². The Bertz CT molecular complexity index is 2920. The smallest absolute Gasteiger partial charge is 0.657 e. The molecule has 1 radical (unpaired) electrons.